The lowest BCUT2D eigenvalue weighted by atomic mass is 9.87. The van der Waals surface area contributed by atoms with Crippen LogP contribution in [0.25, 0.3) is 0 Å². The topological polar surface area (TPSA) is 38.7 Å². The Morgan fingerprint density at radius 2 is 1.60 bits per heavy atom. The highest BCUT2D eigenvalue weighted by Crippen LogP contribution is 2.31. The van der Waals surface area contributed by atoms with Crippen molar-refractivity contribution >= 4 is 12.2 Å². The number of hydrogen-bond acceptors (Lipinski definition) is 3. The largest absolute Gasteiger partial charge is 0.417 e. The Labute approximate surface area is 144 Å². The van der Waals surface area contributed by atoms with Crippen molar-refractivity contribution in [3.05, 3.63) is 70.8 Å². The van der Waals surface area contributed by atoms with Gasteiger partial charge in [0.15, 0.2) is 0 Å². The molecule has 3 nitrogen and oxygen atoms in total. The number of carbonyl (C=O) groups is 1. The van der Waals surface area contributed by atoms with Gasteiger partial charge < -0.3 is 4.84 Å². The van der Waals surface area contributed by atoms with Crippen LogP contribution in [0, 0.1) is 0 Å². The molecule has 0 atom stereocenters. The average molecular weight is 349 g/mol. The van der Waals surface area contributed by atoms with Crippen LogP contribution in [0.15, 0.2) is 53.7 Å². The van der Waals surface area contributed by atoms with Crippen molar-refractivity contribution in [2.75, 3.05) is 0 Å². The highest BCUT2D eigenvalue weighted by atomic mass is 19.4. The number of rotatable bonds is 3. The molecule has 0 amide bonds. The van der Waals surface area contributed by atoms with Gasteiger partial charge >= 0.3 is 12.1 Å². The lowest BCUT2D eigenvalue weighted by Crippen LogP contribution is -2.11. The van der Waals surface area contributed by atoms with Crippen molar-refractivity contribution in [1.29, 1.82) is 0 Å². The van der Waals surface area contributed by atoms with Crippen LogP contribution in [0.4, 0.5) is 13.2 Å². The Morgan fingerprint density at radius 3 is 2.16 bits per heavy atom. The summed E-state index contributed by atoms with van der Waals surface area (Å²) in [5, 5.41) is 3.39. The molecular formula is C19H18F3NO2. The van der Waals surface area contributed by atoms with E-state index < -0.39 is 17.7 Å². The molecule has 0 unspecified atom stereocenters. The maximum atomic E-state index is 12.9. The van der Waals surface area contributed by atoms with Gasteiger partial charge in [-0.15, -0.1) is 0 Å². The summed E-state index contributed by atoms with van der Waals surface area (Å²) in [5.74, 6) is -0.735. The first-order valence-corrected chi connectivity index (χ1v) is 7.60. The minimum atomic E-state index is -4.50. The normalized spacial score (nSPS) is 12.4. The van der Waals surface area contributed by atoms with Crippen molar-refractivity contribution in [1.82, 2.24) is 0 Å². The van der Waals surface area contributed by atoms with Gasteiger partial charge in [0, 0.05) is 5.56 Å². The van der Waals surface area contributed by atoms with Crippen LogP contribution in [-0.2, 0) is 16.4 Å². The molecule has 0 radical (unpaired) electrons. The number of nitrogens with zero attached hydrogens (tertiary/aromatic N) is 1. The summed E-state index contributed by atoms with van der Waals surface area (Å²) in [6, 6.07) is 11.7. The van der Waals surface area contributed by atoms with Gasteiger partial charge in [-0.1, -0.05) is 56.3 Å². The van der Waals surface area contributed by atoms with E-state index in [4.69, 9.17) is 0 Å². The summed E-state index contributed by atoms with van der Waals surface area (Å²) >= 11 is 0. The van der Waals surface area contributed by atoms with E-state index in [1.807, 2.05) is 20.8 Å². The van der Waals surface area contributed by atoms with E-state index >= 15 is 0 Å². The fourth-order valence-corrected chi connectivity index (χ4v) is 2.16. The summed E-state index contributed by atoms with van der Waals surface area (Å²) in [6.07, 6.45) is -3.63. The fourth-order valence-electron chi connectivity index (χ4n) is 2.16. The maximum absolute atomic E-state index is 12.9. The minimum Gasteiger partial charge on any atom is -0.313 e. The predicted molar refractivity (Wildman–Crippen MR) is 89.6 cm³/mol. The Hall–Kier alpha value is -2.63. The van der Waals surface area contributed by atoms with Crippen LogP contribution in [-0.4, -0.2) is 12.2 Å². The van der Waals surface area contributed by atoms with E-state index in [0.717, 1.165) is 17.8 Å². The van der Waals surface area contributed by atoms with Crippen LogP contribution in [0.1, 0.15) is 47.8 Å². The maximum Gasteiger partial charge on any atom is 0.417 e. The number of carbonyl (C=O) groups excluding carboxylic acids is 1. The quantitative estimate of drug-likeness (QED) is 0.434. The molecule has 0 aliphatic carbocycles. The van der Waals surface area contributed by atoms with Gasteiger partial charge in [0.05, 0.1) is 17.3 Å². The van der Waals surface area contributed by atoms with Crippen molar-refractivity contribution < 1.29 is 22.8 Å². The van der Waals surface area contributed by atoms with E-state index in [1.165, 1.54) is 18.2 Å². The van der Waals surface area contributed by atoms with Gasteiger partial charge in [-0.25, -0.2) is 4.79 Å². The van der Waals surface area contributed by atoms with Crippen molar-refractivity contribution in [2.45, 2.75) is 32.4 Å². The van der Waals surface area contributed by atoms with Gasteiger partial charge in [0.25, 0.3) is 0 Å². The van der Waals surface area contributed by atoms with Crippen molar-refractivity contribution in [2.24, 2.45) is 5.16 Å². The third-order valence-corrected chi connectivity index (χ3v) is 3.58. The summed E-state index contributed by atoms with van der Waals surface area (Å²) in [5.41, 5.74) is 0.248. The molecule has 0 spiro atoms. The molecule has 0 aromatic heterocycles. The van der Waals surface area contributed by atoms with Gasteiger partial charge in [-0.05, 0) is 29.2 Å². The number of oxime groups is 1. The van der Waals surface area contributed by atoms with Crippen LogP contribution < -0.4 is 0 Å². The van der Waals surface area contributed by atoms with E-state index in [0.29, 0.717) is 0 Å². The first kappa shape index (κ1) is 18.7. The second kappa shape index (κ2) is 7.09. The number of benzene rings is 2. The van der Waals surface area contributed by atoms with E-state index in [-0.39, 0.29) is 16.5 Å². The van der Waals surface area contributed by atoms with Gasteiger partial charge in [-0.2, -0.15) is 13.2 Å². The number of alkyl halides is 3. The van der Waals surface area contributed by atoms with Gasteiger partial charge in [0.1, 0.15) is 0 Å². The lowest BCUT2D eigenvalue weighted by Gasteiger charge is -2.18. The molecule has 0 aliphatic rings. The fraction of sp³-hybridized carbons (Fsp3) is 0.263. The zero-order chi connectivity index (χ0) is 18.7. The summed E-state index contributed by atoms with van der Waals surface area (Å²) < 4.78 is 38.6. The first-order valence-electron chi connectivity index (χ1n) is 7.60. The second-order valence-electron chi connectivity index (χ2n) is 6.53. The average Bonchev–Trinajstić information content (AvgIpc) is 2.53. The van der Waals surface area contributed by atoms with Crippen LogP contribution in [0.2, 0.25) is 0 Å². The molecule has 25 heavy (non-hydrogen) atoms. The highest BCUT2D eigenvalue weighted by molar-refractivity contribution is 5.90. The van der Waals surface area contributed by atoms with E-state index in [1.54, 1.807) is 24.3 Å². The van der Waals surface area contributed by atoms with E-state index in [9.17, 15) is 18.0 Å². The van der Waals surface area contributed by atoms with E-state index in [2.05, 4.69) is 9.99 Å². The monoisotopic (exact) mass is 349 g/mol. The molecule has 0 N–H and O–H groups in total. The molecule has 6 heteroatoms. The Kier molecular flexibility index (Phi) is 5.30. The Morgan fingerprint density at radius 1 is 1.00 bits per heavy atom. The molecule has 0 saturated heterocycles. The lowest BCUT2D eigenvalue weighted by molar-refractivity contribution is -0.137. The predicted octanol–water partition coefficient (Wildman–Crippen LogP) is 5.19. The highest BCUT2D eigenvalue weighted by Gasteiger charge is 2.32. The van der Waals surface area contributed by atoms with Crippen LogP contribution >= 0.6 is 0 Å². The van der Waals surface area contributed by atoms with Crippen molar-refractivity contribution in [3.8, 4) is 0 Å². The zero-order valence-electron chi connectivity index (χ0n) is 14.1. The second-order valence-corrected chi connectivity index (χ2v) is 6.53. The molecule has 0 fully saturated rings. The summed E-state index contributed by atoms with van der Waals surface area (Å²) in [4.78, 5) is 16.6. The first-order chi connectivity index (χ1) is 11.6. The summed E-state index contributed by atoms with van der Waals surface area (Å²) in [7, 11) is 0. The molecule has 0 aliphatic heterocycles. The third-order valence-electron chi connectivity index (χ3n) is 3.58. The molecule has 132 valence electrons. The molecule has 2 rings (SSSR count). The molecule has 0 saturated carbocycles. The van der Waals surface area contributed by atoms with Crippen molar-refractivity contribution in [3.63, 3.8) is 0 Å². The van der Waals surface area contributed by atoms with Crippen LogP contribution in [0.5, 0.6) is 0 Å². The Bertz CT molecular complexity index is 772. The smallest absolute Gasteiger partial charge is 0.313 e. The molecule has 2 aromatic rings. The van der Waals surface area contributed by atoms with Gasteiger partial charge in [-0.3, -0.25) is 0 Å². The standard InChI is InChI=1S/C19H18F3NO2/c1-18(2,3)15-10-8-13(9-11-15)17(24)25-23-12-14-6-4-5-7-16(14)19(20,21)22/h4-12H,1-3H3/b23-12-. The molecule has 2 aromatic carbocycles. The Balaban J connectivity index is 2.09. The third kappa shape index (κ3) is 4.92. The molecular weight excluding hydrogens is 331 g/mol. The molecule has 0 bridgehead atoms. The summed E-state index contributed by atoms with van der Waals surface area (Å²) in [6.45, 7) is 6.13. The van der Waals surface area contributed by atoms with Gasteiger partial charge in [0.2, 0.25) is 0 Å². The minimum absolute atomic E-state index is 0.0537. The van der Waals surface area contributed by atoms with Crippen LogP contribution in [0.3, 0.4) is 0 Å². The number of hydrogen-bond donors (Lipinski definition) is 0. The SMILES string of the molecule is CC(C)(C)c1ccc(C(=O)O/N=C\c2ccccc2C(F)(F)F)cc1. The zero-order valence-corrected chi connectivity index (χ0v) is 14.1. The molecule has 0 heterocycles. The number of halogens is 3.